The highest BCUT2D eigenvalue weighted by Gasteiger charge is 2.17. The molecular formula is C28H24N4. The van der Waals surface area contributed by atoms with Gasteiger partial charge in [0.1, 0.15) is 0 Å². The summed E-state index contributed by atoms with van der Waals surface area (Å²) in [6.07, 6.45) is 0.884. The second-order valence-corrected chi connectivity index (χ2v) is 8.43. The Morgan fingerprint density at radius 3 is 2.25 bits per heavy atom. The van der Waals surface area contributed by atoms with E-state index in [2.05, 4.69) is 119 Å². The van der Waals surface area contributed by atoms with Crippen molar-refractivity contribution in [3.63, 3.8) is 0 Å². The summed E-state index contributed by atoms with van der Waals surface area (Å²) in [5, 5.41) is 0. The minimum Gasteiger partial charge on any atom is -0.377 e. The summed E-state index contributed by atoms with van der Waals surface area (Å²) in [7, 11) is 4.20. The molecule has 6 rings (SSSR count). The summed E-state index contributed by atoms with van der Waals surface area (Å²) in [6, 6.07) is 34.3. The Labute approximate surface area is 187 Å². The van der Waals surface area contributed by atoms with Gasteiger partial charge in [0.2, 0.25) is 5.78 Å². The van der Waals surface area contributed by atoms with Crippen LogP contribution in [0.4, 0.5) is 5.69 Å². The van der Waals surface area contributed by atoms with Crippen LogP contribution in [0.1, 0.15) is 11.1 Å². The van der Waals surface area contributed by atoms with Gasteiger partial charge in [-0.2, -0.15) is 0 Å². The highest BCUT2D eigenvalue weighted by Crippen LogP contribution is 2.30. The van der Waals surface area contributed by atoms with Gasteiger partial charge in [-0.05, 0) is 60.0 Å². The number of rotatable bonds is 4. The van der Waals surface area contributed by atoms with Crippen LogP contribution in [0.15, 0.2) is 97.1 Å². The van der Waals surface area contributed by atoms with Gasteiger partial charge in [0.25, 0.3) is 0 Å². The maximum atomic E-state index is 5.04. The molecular weight excluding hydrogens is 392 g/mol. The number of hydrogen-bond donors (Lipinski definition) is 0. The Bertz CT molecular complexity index is 1570. The molecule has 4 aromatic carbocycles. The summed E-state index contributed by atoms with van der Waals surface area (Å²) in [5.74, 6) is 0.943. The van der Waals surface area contributed by atoms with Crippen molar-refractivity contribution in [2.24, 2.45) is 0 Å². The van der Waals surface area contributed by atoms with Crippen LogP contribution < -0.4 is 4.90 Å². The zero-order chi connectivity index (χ0) is 21.7. The fraction of sp³-hybridized carbons (Fsp3) is 0.107. The van der Waals surface area contributed by atoms with Crippen LogP contribution in [0.25, 0.3) is 33.5 Å². The van der Waals surface area contributed by atoms with Gasteiger partial charge >= 0.3 is 0 Å². The number of nitrogens with zero attached hydrogens (tertiary/aromatic N) is 4. The molecule has 4 heteroatoms. The molecule has 6 aromatic rings. The van der Waals surface area contributed by atoms with E-state index in [1.54, 1.807) is 0 Å². The van der Waals surface area contributed by atoms with Crippen LogP contribution in [0.3, 0.4) is 0 Å². The maximum absolute atomic E-state index is 5.04. The molecule has 0 radical (unpaired) electrons. The predicted octanol–water partition coefficient (Wildman–Crippen LogP) is 6.09. The van der Waals surface area contributed by atoms with Gasteiger partial charge in [-0.15, -0.1) is 0 Å². The van der Waals surface area contributed by atoms with Crippen LogP contribution in [0.5, 0.6) is 0 Å². The van der Waals surface area contributed by atoms with E-state index in [0.29, 0.717) is 0 Å². The van der Waals surface area contributed by atoms with Gasteiger partial charge in [0.05, 0.1) is 22.1 Å². The normalized spacial score (nSPS) is 11.6. The lowest BCUT2D eigenvalue weighted by Crippen LogP contribution is -2.11. The third-order valence-corrected chi connectivity index (χ3v) is 6.15. The minimum absolute atomic E-state index is 0.884. The van der Waals surface area contributed by atoms with E-state index in [1.807, 2.05) is 6.07 Å². The van der Waals surface area contributed by atoms with Crippen LogP contribution in [0, 0.1) is 0 Å². The quantitative estimate of drug-likeness (QED) is 0.348. The molecule has 0 N–H and O–H groups in total. The summed E-state index contributed by atoms with van der Waals surface area (Å²) >= 11 is 0. The van der Waals surface area contributed by atoms with Crippen molar-refractivity contribution in [3.8, 4) is 5.69 Å². The van der Waals surface area contributed by atoms with E-state index in [-0.39, 0.29) is 0 Å². The van der Waals surface area contributed by atoms with Gasteiger partial charge in [-0.3, -0.25) is 8.97 Å². The minimum atomic E-state index is 0.884. The zero-order valence-electron chi connectivity index (χ0n) is 18.2. The first kappa shape index (κ1) is 18.7. The SMILES string of the molecule is CN(C)c1ccccc1Cc1ccc2nc3n(-c4ccccc4)c4ccccc4n3c2c1. The van der Waals surface area contributed by atoms with Crippen LogP contribution in [-0.4, -0.2) is 28.0 Å². The van der Waals surface area contributed by atoms with Crippen molar-refractivity contribution in [1.82, 2.24) is 14.0 Å². The Morgan fingerprint density at radius 2 is 1.44 bits per heavy atom. The number of para-hydroxylation sites is 4. The molecule has 2 aromatic heterocycles. The van der Waals surface area contributed by atoms with Gasteiger partial charge in [0, 0.05) is 25.5 Å². The Kier molecular flexibility index (Phi) is 4.25. The summed E-state index contributed by atoms with van der Waals surface area (Å²) in [4.78, 5) is 7.22. The van der Waals surface area contributed by atoms with Gasteiger partial charge in [0.15, 0.2) is 0 Å². The van der Waals surface area contributed by atoms with Gasteiger partial charge in [-0.1, -0.05) is 54.6 Å². The lowest BCUT2D eigenvalue weighted by Gasteiger charge is -2.17. The number of hydrogen-bond acceptors (Lipinski definition) is 2. The topological polar surface area (TPSA) is 25.5 Å². The predicted molar refractivity (Wildman–Crippen MR) is 133 cm³/mol. The molecule has 32 heavy (non-hydrogen) atoms. The average Bonchev–Trinajstić information content (AvgIpc) is 3.34. The van der Waals surface area contributed by atoms with E-state index in [1.165, 1.54) is 22.3 Å². The van der Waals surface area contributed by atoms with E-state index in [0.717, 1.165) is 34.4 Å². The van der Waals surface area contributed by atoms with Crippen LogP contribution in [0.2, 0.25) is 0 Å². The van der Waals surface area contributed by atoms with Crippen molar-refractivity contribution in [1.29, 1.82) is 0 Å². The van der Waals surface area contributed by atoms with Crippen LogP contribution in [-0.2, 0) is 6.42 Å². The third kappa shape index (κ3) is 2.88. The lowest BCUT2D eigenvalue weighted by atomic mass is 10.0. The molecule has 0 aliphatic rings. The fourth-order valence-corrected chi connectivity index (χ4v) is 4.70. The molecule has 0 saturated heterocycles. The van der Waals surface area contributed by atoms with Crippen molar-refractivity contribution >= 4 is 33.5 Å². The molecule has 4 nitrogen and oxygen atoms in total. The molecule has 0 unspecified atom stereocenters. The molecule has 0 amide bonds. The van der Waals surface area contributed by atoms with Crippen molar-refractivity contribution in [2.75, 3.05) is 19.0 Å². The Morgan fingerprint density at radius 1 is 0.719 bits per heavy atom. The van der Waals surface area contributed by atoms with E-state index < -0.39 is 0 Å². The van der Waals surface area contributed by atoms with E-state index >= 15 is 0 Å². The Balaban J connectivity index is 1.58. The average molecular weight is 417 g/mol. The van der Waals surface area contributed by atoms with Crippen LogP contribution >= 0.6 is 0 Å². The number of anilines is 1. The summed E-state index contributed by atoms with van der Waals surface area (Å²) < 4.78 is 4.54. The second kappa shape index (κ2) is 7.27. The summed E-state index contributed by atoms with van der Waals surface area (Å²) in [5.41, 5.74) is 9.47. The monoisotopic (exact) mass is 416 g/mol. The maximum Gasteiger partial charge on any atom is 0.220 e. The van der Waals surface area contributed by atoms with E-state index in [9.17, 15) is 0 Å². The molecule has 0 atom stereocenters. The second-order valence-electron chi connectivity index (χ2n) is 8.43. The van der Waals surface area contributed by atoms with Crippen molar-refractivity contribution < 1.29 is 0 Å². The smallest absolute Gasteiger partial charge is 0.220 e. The van der Waals surface area contributed by atoms with Gasteiger partial charge in [-0.25, -0.2) is 4.98 Å². The summed E-state index contributed by atoms with van der Waals surface area (Å²) in [6.45, 7) is 0. The van der Waals surface area contributed by atoms with Crippen molar-refractivity contribution in [2.45, 2.75) is 6.42 Å². The fourth-order valence-electron chi connectivity index (χ4n) is 4.70. The molecule has 0 fully saturated rings. The number of fused-ring (bicyclic) bond motifs is 5. The van der Waals surface area contributed by atoms with Gasteiger partial charge < -0.3 is 4.90 Å². The number of benzene rings is 4. The standard InChI is InChI=1S/C28H24N4/c1-30(2)24-13-7-6-10-21(24)18-20-16-17-23-27(19-20)32-26-15-9-8-14-25(26)31(28(32)29-23)22-11-4-3-5-12-22/h3-17,19H,18H2,1-2H3. The highest BCUT2D eigenvalue weighted by molar-refractivity contribution is 5.92. The molecule has 2 heterocycles. The first-order valence-corrected chi connectivity index (χ1v) is 10.9. The van der Waals surface area contributed by atoms with E-state index in [4.69, 9.17) is 4.98 Å². The molecule has 0 aliphatic carbocycles. The van der Waals surface area contributed by atoms with Crippen molar-refractivity contribution in [3.05, 3.63) is 108 Å². The molecule has 0 spiro atoms. The molecule has 0 aliphatic heterocycles. The third-order valence-electron chi connectivity index (χ3n) is 6.15. The molecule has 0 bridgehead atoms. The number of imidazole rings is 2. The first-order valence-electron chi connectivity index (χ1n) is 10.9. The zero-order valence-corrected chi connectivity index (χ0v) is 18.2. The molecule has 0 saturated carbocycles. The lowest BCUT2D eigenvalue weighted by molar-refractivity contribution is 1.08. The largest absolute Gasteiger partial charge is 0.377 e. The first-order chi connectivity index (χ1) is 15.7. The highest BCUT2D eigenvalue weighted by atomic mass is 15.2. The number of aromatic nitrogens is 3. The Hall–Kier alpha value is -4.05. The molecule has 156 valence electrons.